The number of H-pyrrole nitrogens is 1. The highest BCUT2D eigenvalue weighted by Crippen LogP contribution is 2.18. The molecule has 0 spiro atoms. The predicted octanol–water partition coefficient (Wildman–Crippen LogP) is 1.57. The number of aryl methyl sites for hydroxylation is 1. The van der Waals surface area contributed by atoms with Gasteiger partial charge in [0, 0.05) is 26.4 Å². The average molecular weight is 315 g/mol. The number of nitrogens with zero attached hydrogens (tertiary/aromatic N) is 2. The van der Waals surface area contributed by atoms with Crippen LogP contribution in [0.3, 0.4) is 0 Å². The van der Waals surface area contributed by atoms with Gasteiger partial charge in [0.2, 0.25) is 0 Å². The molecule has 2 aromatic rings. The summed E-state index contributed by atoms with van der Waals surface area (Å²) in [5.41, 5.74) is 1.88. The maximum atomic E-state index is 12.0. The number of aromatic nitrogens is 2. The van der Waals surface area contributed by atoms with E-state index >= 15 is 0 Å². The SMILES string of the molecule is CC/C=C(\C=NC)c1ccc2c(c1)[nH]c(=O)c(=O)n2CCCO. The summed E-state index contributed by atoms with van der Waals surface area (Å²) in [6.45, 7) is 2.32. The zero-order valence-electron chi connectivity index (χ0n) is 13.4. The zero-order valence-corrected chi connectivity index (χ0v) is 13.4. The van der Waals surface area contributed by atoms with Crippen LogP contribution in [-0.4, -0.2) is 34.5 Å². The number of aromatic amines is 1. The van der Waals surface area contributed by atoms with Crippen LogP contribution >= 0.6 is 0 Å². The third-order valence-electron chi connectivity index (χ3n) is 3.54. The number of hydrogen-bond acceptors (Lipinski definition) is 4. The Kier molecular flexibility index (Phi) is 5.65. The van der Waals surface area contributed by atoms with Gasteiger partial charge in [0.1, 0.15) is 0 Å². The predicted molar refractivity (Wildman–Crippen MR) is 93.2 cm³/mol. The van der Waals surface area contributed by atoms with E-state index in [2.05, 4.69) is 9.98 Å². The second-order valence-corrected chi connectivity index (χ2v) is 5.18. The minimum Gasteiger partial charge on any atom is -0.396 e. The van der Waals surface area contributed by atoms with Crippen LogP contribution in [0.2, 0.25) is 0 Å². The lowest BCUT2D eigenvalue weighted by Crippen LogP contribution is -2.36. The number of aliphatic hydroxyl groups excluding tert-OH is 1. The Morgan fingerprint density at radius 2 is 2.17 bits per heavy atom. The summed E-state index contributed by atoms with van der Waals surface area (Å²) in [6, 6.07) is 5.56. The molecule has 2 rings (SSSR count). The largest absolute Gasteiger partial charge is 0.396 e. The van der Waals surface area contributed by atoms with Crippen molar-refractivity contribution in [1.29, 1.82) is 0 Å². The molecule has 0 amide bonds. The molecule has 0 aliphatic rings. The highest BCUT2D eigenvalue weighted by molar-refractivity contribution is 6.10. The number of rotatable bonds is 6. The van der Waals surface area contributed by atoms with Crippen molar-refractivity contribution >= 4 is 22.8 Å². The monoisotopic (exact) mass is 315 g/mol. The Morgan fingerprint density at radius 1 is 1.39 bits per heavy atom. The molecule has 0 unspecified atom stereocenters. The van der Waals surface area contributed by atoms with Crippen molar-refractivity contribution in [2.24, 2.45) is 4.99 Å². The second kappa shape index (κ2) is 7.69. The van der Waals surface area contributed by atoms with Gasteiger partial charge in [-0.2, -0.15) is 0 Å². The molecule has 23 heavy (non-hydrogen) atoms. The molecule has 122 valence electrons. The van der Waals surface area contributed by atoms with Crippen molar-refractivity contribution < 1.29 is 5.11 Å². The third-order valence-corrected chi connectivity index (χ3v) is 3.54. The number of fused-ring (bicyclic) bond motifs is 1. The first kappa shape index (κ1) is 16.9. The molecule has 0 saturated heterocycles. The molecule has 0 aliphatic heterocycles. The summed E-state index contributed by atoms with van der Waals surface area (Å²) in [6.07, 6.45) is 5.11. The summed E-state index contributed by atoms with van der Waals surface area (Å²) in [5.74, 6) is 0. The van der Waals surface area contributed by atoms with Gasteiger partial charge in [-0.05, 0) is 36.1 Å². The van der Waals surface area contributed by atoms with Crippen molar-refractivity contribution in [3.8, 4) is 0 Å². The number of aliphatic imine (C=N–C) groups is 1. The van der Waals surface area contributed by atoms with Crippen LogP contribution in [0.5, 0.6) is 0 Å². The normalized spacial score (nSPS) is 12.4. The van der Waals surface area contributed by atoms with Crippen LogP contribution < -0.4 is 11.1 Å². The molecule has 6 nitrogen and oxygen atoms in total. The number of hydrogen-bond donors (Lipinski definition) is 2. The molecule has 1 heterocycles. The Bertz CT molecular complexity index is 859. The maximum Gasteiger partial charge on any atom is 0.316 e. The van der Waals surface area contributed by atoms with E-state index in [1.165, 1.54) is 4.57 Å². The summed E-state index contributed by atoms with van der Waals surface area (Å²) < 4.78 is 1.41. The van der Waals surface area contributed by atoms with Crippen LogP contribution in [0.1, 0.15) is 25.3 Å². The first-order valence-electron chi connectivity index (χ1n) is 7.62. The molecule has 2 N–H and O–H groups in total. The summed E-state index contributed by atoms with van der Waals surface area (Å²) in [7, 11) is 1.71. The van der Waals surface area contributed by atoms with Gasteiger partial charge in [0.25, 0.3) is 0 Å². The first-order valence-corrected chi connectivity index (χ1v) is 7.62. The van der Waals surface area contributed by atoms with E-state index in [4.69, 9.17) is 5.11 Å². The van der Waals surface area contributed by atoms with E-state index in [9.17, 15) is 9.59 Å². The third kappa shape index (κ3) is 3.65. The van der Waals surface area contributed by atoms with Crippen LogP contribution in [0.25, 0.3) is 16.6 Å². The quantitative estimate of drug-likeness (QED) is 0.626. The number of aliphatic hydroxyl groups is 1. The van der Waals surface area contributed by atoms with E-state index in [1.807, 2.05) is 31.2 Å². The molecule has 6 heteroatoms. The molecule has 0 saturated carbocycles. The van der Waals surface area contributed by atoms with Crippen molar-refractivity contribution in [3.63, 3.8) is 0 Å². The van der Waals surface area contributed by atoms with E-state index in [1.54, 1.807) is 13.3 Å². The molecular weight excluding hydrogens is 294 g/mol. The van der Waals surface area contributed by atoms with Gasteiger partial charge >= 0.3 is 11.1 Å². The van der Waals surface area contributed by atoms with Crippen molar-refractivity contribution in [2.45, 2.75) is 26.3 Å². The van der Waals surface area contributed by atoms with Crippen molar-refractivity contribution in [2.75, 3.05) is 13.7 Å². The minimum absolute atomic E-state index is 0.0326. The number of allylic oxidation sites excluding steroid dienone is 2. The highest BCUT2D eigenvalue weighted by atomic mass is 16.3. The Hall–Kier alpha value is -2.47. The van der Waals surface area contributed by atoms with Crippen LogP contribution in [0.4, 0.5) is 0 Å². The fraction of sp³-hybridized carbons (Fsp3) is 0.353. The summed E-state index contributed by atoms with van der Waals surface area (Å²) >= 11 is 0. The average Bonchev–Trinajstić information content (AvgIpc) is 2.55. The van der Waals surface area contributed by atoms with E-state index in [0.29, 0.717) is 24.0 Å². The highest BCUT2D eigenvalue weighted by Gasteiger charge is 2.09. The molecule has 0 bridgehead atoms. The van der Waals surface area contributed by atoms with Crippen molar-refractivity contribution in [3.05, 3.63) is 50.5 Å². The molecular formula is C17H21N3O3. The van der Waals surface area contributed by atoms with E-state index in [0.717, 1.165) is 17.6 Å². The summed E-state index contributed by atoms with van der Waals surface area (Å²) in [5, 5.41) is 8.97. The van der Waals surface area contributed by atoms with Gasteiger partial charge in [-0.15, -0.1) is 0 Å². The number of benzene rings is 1. The Labute approximate surface area is 133 Å². The molecule has 0 aliphatic carbocycles. The van der Waals surface area contributed by atoms with Gasteiger partial charge in [-0.25, -0.2) is 0 Å². The fourth-order valence-corrected chi connectivity index (χ4v) is 2.51. The lowest BCUT2D eigenvalue weighted by atomic mass is 10.0. The molecule has 0 radical (unpaired) electrons. The smallest absolute Gasteiger partial charge is 0.316 e. The number of nitrogens with one attached hydrogen (secondary N) is 1. The van der Waals surface area contributed by atoms with Gasteiger partial charge in [-0.3, -0.25) is 14.6 Å². The Balaban J connectivity index is 2.65. The molecule has 0 fully saturated rings. The van der Waals surface area contributed by atoms with Crippen LogP contribution in [-0.2, 0) is 6.54 Å². The van der Waals surface area contributed by atoms with Gasteiger partial charge in [-0.1, -0.05) is 19.1 Å². The standard InChI is InChI=1S/C17H21N3O3/c1-3-5-13(11-18-2)12-6-7-15-14(10-12)19-16(22)17(23)20(15)8-4-9-21/h5-7,10-11,21H,3-4,8-9H2,1-2H3,(H,19,22)/b13-5+,18-11?. The van der Waals surface area contributed by atoms with Crippen LogP contribution in [0, 0.1) is 0 Å². The maximum absolute atomic E-state index is 12.0. The summed E-state index contributed by atoms with van der Waals surface area (Å²) in [4.78, 5) is 30.6. The van der Waals surface area contributed by atoms with E-state index < -0.39 is 11.1 Å². The molecule has 1 aromatic heterocycles. The van der Waals surface area contributed by atoms with E-state index in [-0.39, 0.29) is 6.61 Å². The topological polar surface area (TPSA) is 87.5 Å². The minimum atomic E-state index is -0.655. The lowest BCUT2D eigenvalue weighted by molar-refractivity contribution is 0.280. The van der Waals surface area contributed by atoms with Gasteiger partial charge < -0.3 is 14.7 Å². The van der Waals surface area contributed by atoms with Crippen molar-refractivity contribution in [1.82, 2.24) is 9.55 Å². The zero-order chi connectivity index (χ0) is 16.8. The first-order chi connectivity index (χ1) is 11.1. The van der Waals surface area contributed by atoms with Gasteiger partial charge in [0.15, 0.2) is 0 Å². The molecule has 1 aromatic carbocycles. The lowest BCUT2D eigenvalue weighted by Gasteiger charge is -2.10. The fourth-order valence-electron chi connectivity index (χ4n) is 2.51. The van der Waals surface area contributed by atoms with Crippen LogP contribution in [0.15, 0.2) is 38.9 Å². The second-order valence-electron chi connectivity index (χ2n) is 5.18. The Morgan fingerprint density at radius 3 is 2.83 bits per heavy atom. The van der Waals surface area contributed by atoms with Gasteiger partial charge in [0.05, 0.1) is 11.0 Å². The molecule has 0 atom stereocenters.